The molecule has 1 aromatic heterocycles. The Kier molecular flexibility index (Phi) is 10.2. The van der Waals surface area contributed by atoms with Crippen LogP contribution in [0.25, 0.3) is 10.2 Å². The van der Waals surface area contributed by atoms with Gasteiger partial charge in [-0.25, -0.2) is 9.78 Å². The van der Waals surface area contributed by atoms with Crippen molar-refractivity contribution in [2.45, 2.75) is 29.6 Å². The third-order valence-corrected chi connectivity index (χ3v) is 12.2. The molecule has 0 radical (unpaired) electrons. The van der Waals surface area contributed by atoms with Crippen LogP contribution in [-0.2, 0) is 24.5 Å². The Hall–Kier alpha value is -7.05. The second kappa shape index (κ2) is 16.0. The van der Waals surface area contributed by atoms with Crippen LogP contribution < -0.4 is 26.4 Å². The number of hydrogen-bond acceptors (Lipinski definition) is 10. The van der Waals surface area contributed by atoms with Crippen molar-refractivity contribution < 1.29 is 33.8 Å². The summed E-state index contributed by atoms with van der Waals surface area (Å²) in [5, 5.41) is 18.4. The third kappa shape index (κ3) is 6.68. The molecule has 13 nitrogen and oxygen atoms in total. The number of nitrogens with zero attached hydrogens (tertiary/aromatic N) is 2. The average Bonchev–Trinajstić information content (AvgIpc) is 3.92. The number of cyclic esters (lactones) is 1. The van der Waals surface area contributed by atoms with E-state index in [-0.39, 0.29) is 19.8 Å². The minimum Gasteiger partial charge on any atom is -0.491 e. The molecule has 9 rings (SSSR count). The number of esters is 1. The fraction of sp³-hybridized carbons (Fsp3) is 0.196. The van der Waals surface area contributed by atoms with Gasteiger partial charge in [0.1, 0.15) is 29.9 Å². The highest BCUT2D eigenvalue weighted by Crippen LogP contribution is 2.65. The SMILES string of the molecule is NC(=O)NCC#Cc1ccc2c(c1)[C@]1(C(=O)N2)[C@H](c2ccc(OCCO)cc2)N2[C@H](c3ccccc3)[C@H](c3ccccc3)OC(=O)[C@H]2[C@@H]1C(=O)Nc1nc2ccccc2s1. The molecule has 2 fully saturated rings. The molecule has 0 bridgehead atoms. The monoisotopic (exact) mass is 818 g/mol. The number of hydrogen-bond donors (Lipinski definition) is 5. The van der Waals surface area contributed by atoms with Crippen molar-refractivity contribution >= 4 is 56.2 Å². The van der Waals surface area contributed by atoms with E-state index < -0.39 is 59.4 Å². The summed E-state index contributed by atoms with van der Waals surface area (Å²) in [5.41, 5.74) is 7.77. The van der Waals surface area contributed by atoms with Gasteiger partial charge in [0, 0.05) is 11.3 Å². The van der Waals surface area contributed by atoms with Crippen molar-refractivity contribution in [3.8, 4) is 17.6 Å². The van der Waals surface area contributed by atoms with E-state index >= 15 is 14.4 Å². The predicted octanol–water partition coefficient (Wildman–Crippen LogP) is 5.60. The summed E-state index contributed by atoms with van der Waals surface area (Å²) in [5.74, 6) is 3.31. The normalized spacial score (nSPS) is 22.9. The summed E-state index contributed by atoms with van der Waals surface area (Å²) in [6.07, 6.45) is -0.839. The number of nitrogens with two attached hydrogens (primary N) is 1. The zero-order chi connectivity index (χ0) is 41.4. The van der Waals surface area contributed by atoms with E-state index in [1.54, 1.807) is 30.3 Å². The number of amides is 4. The van der Waals surface area contributed by atoms with Gasteiger partial charge in [-0.3, -0.25) is 19.3 Å². The number of aliphatic hydroxyl groups excluding tert-OH is 1. The minimum absolute atomic E-state index is 0.0173. The Bertz CT molecular complexity index is 2650. The summed E-state index contributed by atoms with van der Waals surface area (Å²) in [7, 11) is 0. The van der Waals surface area contributed by atoms with E-state index in [0.29, 0.717) is 38.8 Å². The fourth-order valence-corrected chi connectivity index (χ4v) is 9.84. The number of morpholine rings is 1. The van der Waals surface area contributed by atoms with Crippen LogP contribution in [0.1, 0.15) is 46.0 Å². The van der Waals surface area contributed by atoms with Gasteiger partial charge in [0.15, 0.2) is 5.13 Å². The van der Waals surface area contributed by atoms with Crippen LogP contribution >= 0.6 is 11.3 Å². The number of carbonyl (C=O) groups excluding carboxylic acids is 4. The van der Waals surface area contributed by atoms with Crippen LogP contribution in [-0.4, -0.2) is 64.6 Å². The number of carbonyl (C=O) groups is 4. The van der Waals surface area contributed by atoms with Gasteiger partial charge >= 0.3 is 12.0 Å². The van der Waals surface area contributed by atoms with Crippen LogP contribution in [0.5, 0.6) is 5.75 Å². The third-order valence-electron chi connectivity index (χ3n) is 11.3. The zero-order valence-corrected chi connectivity index (χ0v) is 32.7. The number of anilines is 2. The lowest BCUT2D eigenvalue weighted by molar-refractivity contribution is -0.177. The smallest absolute Gasteiger partial charge is 0.324 e. The molecule has 2 saturated heterocycles. The number of benzene rings is 5. The number of para-hydroxylation sites is 1. The summed E-state index contributed by atoms with van der Waals surface area (Å²) >= 11 is 1.29. The van der Waals surface area contributed by atoms with Crippen molar-refractivity contribution in [1.82, 2.24) is 15.2 Å². The minimum atomic E-state index is -1.77. The molecule has 4 heterocycles. The van der Waals surface area contributed by atoms with E-state index in [1.165, 1.54) is 11.3 Å². The molecule has 60 heavy (non-hydrogen) atoms. The number of aromatic nitrogens is 1. The van der Waals surface area contributed by atoms with E-state index in [0.717, 1.165) is 15.8 Å². The highest BCUT2D eigenvalue weighted by molar-refractivity contribution is 7.22. The highest BCUT2D eigenvalue weighted by atomic mass is 32.1. The lowest BCUT2D eigenvalue weighted by atomic mass is 9.65. The summed E-state index contributed by atoms with van der Waals surface area (Å²) in [4.78, 5) is 64.0. The number of rotatable bonds is 9. The molecule has 3 aliphatic heterocycles. The molecule has 6 aromatic rings. The van der Waals surface area contributed by atoms with Crippen molar-refractivity contribution in [3.63, 3.8) is 0 Å². The van der Waals surface area contributed by atoms with Gasteiger partial charge in [-0.05, 0) is 64.7 Å². The Morgan fingerprint density at radius 2 is 1.62 bits per heavy atom. The maximum absolute atomic E-state index is 15.4. The quantitative estimate of drug-likeness (QED) is 0.0916. The van der Waals surface area contributed by atoms with Gasteiger partial charge in [-0.15, -0.1) is 0 Å². The van der Waals surface area contributed by atoms with Crippen LogP contribution in [0.15, 0.2) is 127 Å². The first-order valence-electron chi connectivity index (χ1n) is 19.3. The number of thiazole rings is 1. The van der Waals surface area contributed by atoms with E-state index in [4.69, 9.17) is 15.2 Å². The second-order valence-corrected chi connectivity index (χ2v) is 15.6. The molecule has 300 valence electrons. The number of primary amides is 1. The van der Waals surface area contributed by atoms with Crippen LogP contribution in [0.3, 0.4) is 0 Å². The van der Waals surface area contributed by atoms with Gasteiger partial charge < -0.3 is 36.3 Å². The van der Waals surface area contributed by atoms with Crippen LogP contribution in [0.4, 0.5) is 15.6 Å². The van der Waals surface area contributed by atoms with Crippen molar-refractivity contribution in [2.24, 2.45) is 11.7 Å². The molecule has 1 spiro atoms. The molecule has 6 atom stereocenters. The summed E-state index contributed by atoms with van der Waals surface area (Å²) in [6.45, 7) is -0.127. The standard InChI is InChI=1S/C46H38N6O7S/c47-44(57)48-23-9-10-27-17-22-33-32(26-27)46(43(56)49-33)36(41(54)51-45-50-34-15-7-8-16-35(34)60-45)38-42(55)59-39(29-13-5-2-6-14-29)37(28-11-3-1-4-12-28)52(38)40(46)30-18-20-31(21-19-30)58-25-24-53/h1-8,11-22,26,36-40,53H,23-25H2,(H,49,56)(H3,47,48,57)(H,50,51,54)/t36-,37-,38-,39+,40+,46-/m1/s1. The molecule has 0 unspecified atom stereocenters. The van der Waals surface area contributed by atoms with Gasteiger partial charge in [0.25, 0.3) is 0 Å². The van der Waals surface area contributed by atoms with Gasteiger partial charge in [0.2, 0.25) is 11.8 Å². The van der Waals surface area contributed by atoms with Gasteiger partial charge in [-0.1, -0.05) is 108 Å². The predicted molar refractivity (Wildman–Crippen MR) is 225 cm³/mol. The lowest BCUT2D eigenvalue weighted by Gasteiger charge is -2.46. The zero-order valence-electron chi connectivity index (χ0n) is 31.9. The highest BCUT2D eigenvalue weighted by Gasteiger charge is 2.74. The first-order chi connectivity index (χ1) is 29.3. The molecular formula is C46H38N6O7S. The van der Waals surface area contributed by atoms with Crippen LogP contribution in [0.2, 0.25) is 0 Å². The molecular weight excluding hydrogens is 781 g/mol. The molecule has 0 aliphatic carbocycles. The van der Waals surface area contributed by atoms with Gasteiger partial charge in [0.05, 0.1) is 41.4 Å². The second-order valence-electron chi connectivity index (χ2n) is 14.6. The number of ether oxygens (including phenoxy) is 2. The van der Waals surface area contributed by atoms with Crippen molar-refractivity contribution in [2.75, 3.05) is 30.4 Å². The summed E-state index contributed by atoms with van der Waals surface area (Å²) < 4.78 is 13.1. The topological polar surface area (TPSA) is 185 Å². The largest absolute Gasteiger partial charge is 0.491 e. The Morgan fingerprint density at radius 1 is 0.900 bits per heavy atom. The Balaban J connectivity index is 1.30. The van der Waals surface area contributed by atoms with Crippen LogP contribution in [0, 0.1) is 17.8 Å². The number of urea groups is 1. The molecule has 14 heteroatoms. The number of fused-ring (bicyclic) bond motifs is 4. The Morgan fingerprint density at radius 3 is 2.33 bits per heavy atom. The van der Waals surface area contributed by atoms with E-state index in [9.17, 15) is 9.90 Å². The van der Waals surface area contributed by atoms with Crippen molar-refractivity contribution in [1.29, 1.82) is 0 Å². The average molecular weight is 819 g/mol. The van der Waals surface area contributed by atoms with E-state index in [1.807, 2.05) is 102 Å². The lowest BCUT2D eigenvalue weighted by Crippen LogP contribution is -2.53. The maximum atomic E-state index is 15.4. The molecule has 0 saturated carbocycles. The first kappa shape index (κ1) is 38.5. The maximum Gasteiger partial charge on any atom is 0.324 e. The number of aliphatic hydroxyl groups is 1. The fourth-order valence-electron chi connectivity index (χ4n) is 8.97. The van der Waals surface area contributed by atoms with Crippen molar-refractivity contribution in [3.05, 3.63) is 155 Å². The van der Waals surface area contributed by atoms with Gasteiger partial charge in [-0.2, -0.15) is 0 Å². The first-order valence-corrected chi connectivity index (χ1v) is 20.2. The molecule has 3 aliphatic rings. The summed E-state index contributed by atoms with van der Waals surface area (Å²) in [6, 6.07) is 35.3. The Labute approximate surface area is 348 Å². The molecule has 5 aromatic carbocycles. The molecule has 4 amide bonds. The van der Waals surface area contributed by atoms with E-state index in [2.05, 4.69) is 32.8 Å². The number of nitrogens with one attached hydrogen (secondary N) is 3. The molecule has 6 N–H and O–H groups in total.